The van der Waals surface area contributed by atoms with E-state index in [-0.39, 0.29) is 17.2 Å². The van der Waals surface area contributed by atoms with Crippen LogP contribution in [-0.4, -0.2) is 19.1 Å². The largest absolute Gasteiger partial charge is 0.435 e. The highest BCUT2D eigenvalue weighted by atomic mass is 35.5. The van der Waals surface area contributed by atoms with E-state index in [0.29, 0.717) is 18.0 Å². The van der Waals surface area contributed by atoms with Crippen LogP contribution in [-0.2, 0) is 6.42 Å². The van der Waals surface area contributed by atoms with Crippen molar-refractivity contribution >= 4 is 17.5 Å². The highest BCUT2D eigenvalue weighted by Crippen LogP contribution is 2.16. The molecule has 0 fully saturated rings. The molecular formula is C16H14ClF2NO2. The Balaban J connectivity index is 1.88. The molecule has 0 heterocycles. The molecule has 2 rings (SSSR count). The van der Waals surface area contributed by atoms with Gasteiger partial charge in [0.15, 0.2) is 0 Å². The van der Waals surface area contributed by atoms with Crippen molar-refractivity contribution in [3.05, 3.63) is 64.7 Å². The zero-order valence-electron chi connectivity index (χ0n) is 11.6. The number of ether oxygens (including phenoxy) is 1. The number of amides is 1. The van der Waals surface area contributed by atoms with Crippen molar-refractivity contribution in [1.82, 2.24) is 5.32 Å². The molecule has 0 aromatic heterocycles. The summed E-state index contributed by atoms with van der Waals surface area (Å²) in [6.45, 7) is -2.48. The summed E-state index contributed by atoms with van der Waals surface area (Å²) in [6.07, 6.45) is 0.649. The van der Waals surface area contributed by atoms with Crippen LogP contribution in [0.5, 0.6) is 5.75 Å². The summed E-state index contributed by atoms with van der Waals surface area (Å²) in [4.78, 5) is 12.0. The highest BCUT2D eigenvalue weighted by molar-refractivity contribution is 6.30. The third-order valence-electron chi connectivity index (χ3n) is 2.93. The van der Waals surface area contributed by atoms with Gasteiger partial charge in [0, 0.05) is 17.1 Å². The van der Waals surface area contributed by atoms with Crippen LogP contribution in [0, 0.1) is 0 Å². The summed E-state index contributed by atoms with van der Waals surface area (Å²) in [5.41, 5.74) is 1.31. The Morgan fingerprint density at radius 2 is 1.91 bits per heavy atom. The molecule has 22 heavy (non-hydrogen) atoms. The number of hydrogen-bond donors (Lipinski definition) is 1. The Kier molecular flexibility index (Phi) is 5.72. The van der Waals surface area contributed by atoms with E-state index in [0.717, 1.165) is 5.56 Å². The molecule has 0 bridgehead atoms. The van der Waals surface area contributed by atoms with Crippen LogP contribution < -0.4 is 10.1 Å². The van der Waals surface area contributed by atoms with E-state index in [1.165, 1.54) is 24.3 Å². The second kappa shape index (κ2) is 7.75. The normalized spacial score (nSPS) is 10.5. The number of benzene rings is 2. The van der Waals surface area contributed by atoms with Gasteiger partial charge in [0.1, 0.15) is 5.75 Å². The van der Waals surface area contributed by atoms with Gasteiger partial charge in [-0.1, -0.05) is 29.8 Å². The fourth-order valence-corrected chi connectivity index (χ4v) is 2.01. The molecule has 1 amide bonds. The van der Waals surface area contributed by atoms with Crippen LogP contribution in [0.3, 0.4) is 0 Å². The fraction of sp³-hybridized carbons (Fsp3) is 0.188. The lowest BCUT2D eigenvalue weighted by Gasteiger charge is -2.08. The molecule has 0 saturated carbocycles. The Morgan fingerprint density at radius 3 is 2.59 bits per heavy atom. The summed E-state index contributed by atoms with van der Waals surface area (Å²) < 4.78 is 28.5. The molecule has 0 aliphatic heterocycles. The van der Waals surface area contributed by atoms with Gasteiger partial charge in [0.2, 0.25) is 0 Å². The van der Waals surface area contributed by atoms with Crippen molar-refractivity contribution < 1.29 is 18.3 Å². The Labute approximate surface area is 131 Å². The maximum absolute atomic E-state index is 12.1. The average Bonchev–Trinajstić information content (AvgIpc) is 2.49. The maximum Gasteiger partial charge on any atom is 0.387 e. The third-order valence-corrected chi connectivity index (χ3v) is 3.19. The van der Waals surface area contributed by atoms with Crippen molar-refractivity contribution in [3.8, 4) is 5.75 Å². The maximum atomic E-state index is 12.1. The first-order valence-electron chi connectivity index (χ1n) is 6.62. The second-order valence-corrected chi connectivity index (χ2v) is 4.98. The summed E-state index contributed by atoms with van der Waals surface area (Å²) in [5, 5.41) is 3.38. The molecule has 0 spiro atoms. The number of alkyl halides is 2. The molecule has 2 aromatic rings. The SMILES string of the molecule is O=C(NCCc1ccc(Cl)cc1)c1cccc(OC(F)F)c1. The van der Waals surface area contributed by atoms with Crippen LogP contribution in [0.2, 0.25) is 5.02 Å². The summed E-state index contributed by atoms with van der Waals surface area (Å²) in [6, 6.07) is 13.0. The van der Waals surface area contributed by atoms with Gasteiger partial charge in [-0.25, -0.2) is 0 Å². The molecule has 0 radical (unpaired) electrons. The standard InChI is InChI=1S/C16H14ClF2NO2/c17-13-6-4-11(5-7-13)8-9-20-15(21)12-2-1-3-14(10-12)22-16(18)19/h1-7,10,16H,8-9H2,(H,20,21). The van der Waals surface area contributed by atoms with Crippen LogP contribution in [0.4, 0.5) is 8.78 Å². The van der Waals surface area contributed by atoms with E-state index < -0.39 is 6.61 Å². The smallest absolute Gasteiger partial charge is 0.387 e. The van der Waals surface area contributed by atoms with Gasteiger partial charge in [-0.05, 0) is 42.3 Å². The van der Waals surface area contributed by atoms with Gasteiger partial charge in [0.05, 0.1) is 0 Å². The first-order valence-corrected chi connectivity index (χ1v) is 7.00. The van der Waals surface area contributed by atoms with Crippen LogP contribution >= 0.6 is 11.6 Å². The van der Waals surface area contributed by atoms with Crippen molar-refractivity contribution in [2.24, 2.45) is 0 Å². The number of hydrogen-bond acceptors (Lipinski definition) is 2. The lowest BCUT2D eigenvalue weighted by molar-refractivity contribution is -0.0498. The van der Waals surface area contributed by atoms with Crippen LogP contribution in [0.1, 0.15) is 15.9 Å². The number of carbonyl (C=O) groups excluding carboxylic acids is 1. The van der Waals surface area contributed by atoms with Gasteiger partial charge < -0.3 is 10.1 Å². The van der Waals surface area contributed by atoms with E-state index in [4.69, 9.17) is 11.6 Å². The topological polar surface area (TPSA) is 38.3 Å². The number of halogens is 3. The minimum Gasteiger partial charge on any atom is -0.435 e. The number of nitrogens with one attached hydrogen (secondary N) is 1. The molecule has 2 aromatic carbocycles. The van der Waals surface area contributed by atoms with Crippen LogP contribution in [0.15, 0.2) is 48.5 Å². The lowest BCUT2D eigenvalue weighted by Crippen LogP contribution is -2.25. The minimum absolute atomic E-state index is 0.0413. The first-order chi connectivity index (χ1) is 10.5. The van der Waals surface area contributed by atoms with Crippen molar-refractivity contribution in [2.45, 2.75) is 13.0 Å². The van der Waals surface area contributed by atoms with Gasteiger partial charge >= 0.3 is 6.61 Å². The predicted molar refractivity (Wildman–Crippen MR) is 80.6 cm³/mol. The highest BCUT2D eigenvalue weighted by Gasteiger charge is 2.09. The molecular weight excluding hydrogens is 312 g/mol. The molecule has 0 atom stereocenters. The lowest BCUT2D eigenvalue weighted by atomic mass is 10.1. The average molecular weight is 326 g/mol. The third kappa shape index (κ3) is 5.00. The van der Waals surface area contributed by atoms with Crippen molar-refractivity contribution in [3.63, 3.8) is 0 Å². The van der Waals surface area contributed by atoms with E-state index in [1.807, 2.05) is 12.1 Å². The van der Waals surface area contributed by atoms with Gasteiger partial charge in [-0.3, -0.25) is 4.79 Å². The summed E-state index contributed by atoms with van der Waals surface area (Å²) in [5.74, 6) is -0.381. The van der Waals surface area contributed by atoms with E-state index in [1.54, 1.807) is 12.1 Å². The molecule has 3 nitrogen and oxygen atoms in total. The summed E-state index contributed by atoms with van der Waals surface area (Å²) >= 11 is 5.79. The molecule has 0 saturated heterocycles. The van der Waals surface area contributed by atoms with Crippen LogP contribution in [0.25, 0.3) is 0 Å². The van der Waals surface area contributed by atoms with E-state index in [2.05, 4.69) is 10.1 Å². The van der Waals surface area contributed by atoms with E-state index in [9.17, 15) is 13.6 Å². The number of carbonyl (C=O) groups is 1. The van der Waals surface area contributed by atoms with Crippen molar-refractivity contribution in [1.29, 1.82) is 0 Å². The van der Waals surface area contributed by atoms with Gasteiger partial charge in [-0.2, -0.15) is 8.78 Å². The summed E-state index contributed by atoms with van der Waals surface area (Å²) in [7, 11) is 0. The predicted octanol–water partition coefficient (Wildman–Crippen LogP) is 3.91. The monoisotopic (exact) mass is 325 g/mol. The zero-order chi connectivity index (χ0) is 15.9. The second-order valence-electron chi connectivity index (χ2n) is 4.54. The molecule has 116 valence electrons. The quantitative estimate of drug-likeness (QED) is 0.874. The van der Waals surface area contributed by atoms with Crippen molar-refractivity contribution in [2.75, 3.05) is 6.54 Å². The van der Waals surface area contributed by atoms with Gasteiger partial charge in [-0.15, -0.1) is 0 Å². The molecule has 6 heteroatoms. The zero-order valence-corrected chi connectivity index (χ0v) is 12.3. The first kappa shape index (κ1) is 16.2. The minimum atomic E-state index is -2.91. The van der Waals surface area contributed by atoms with Gasteiger partial charge in [0.25, 0.3) is 5.91 Å². The molecule has 0 unspecified atom stereocenters. The molecule has 0 aliphatic rings. The Morgan fingerprint density at radius 1 is 1.18 bits per heavy atom. The number of rotatable bonds is 6. The molecule has 0 aliphatic carbocycles. The Hall–Kier alpha value is -2.14. The molecule has 1 N–H and O–H groups in total. The fourth-order valence-electron chi connectivity index (χ4n) is 1.89. The van der Waals surface area contributed by atoms with E-state index >= 15 is 0 Å². The Bertz CT molecular complexity index is 632.